The van der Waals surface area contributed by atoms with Gasteiger partial charge in [0.15, 0.2) is 5.69 Å². The molecule has 0 spiro atoms. The van der Waals surface area contributed by atoms with E-state index in [1.165, 1.54) is 16.7 Å². The molecular weight excluding hydrogens is 286 g/mol. The fourth-order valence-corrected chi connectivity index (χ4v) is 2.36. The Morgan fingerprint density at radius 2 is 2.32 bits per heavy atom. The maximum Gasteiger partial charge on any atom is 0.355 e. The van der Waals surface area contributed by atoms with Crippen LogP contribution < -0.4 is 4.74 Å². The highest BCUT2D eigenvalue weighted by Crippen LogP contribution is 2.21. The summed E-state index contributed by atoms with van der Waals surface area (Å²) in [6, 6.07) is 5.46. The van der Waals surface area contributed by atoms with Crippen molar-refractivity contribution in [3.63, 3.8) is 0 Å². The molecule has 0 aliphatic carbocycles. The van der Waals surface area contributed by atoms with Crippen molar-refractivity contribution in [2.75, 3.05) is 6.61 Å². The van der Waals surface area contributed by atoms with Gasteiger partial charge in [0.25, 0.3) is 0 Å². The van der Waals surface area contributed by atoms with E-state index in [9.17, 15) is 4.79 Å². The van der Waals surface area contributed by atoms with E-state index in [0.717, 1.165) is 16.3 Å². The second kappa shape index (κ2) is 6.04. The lowest BCUT2D eigenvalue weighted by Gasteiger charge is -2.06. The number of benzene rings is 1. The number of carboxylic acids is 1. The maximum absolute atomic E-state index is 10.7. The Labute approximate surface area is 119 Å². The Kier molecular flexibility index (Phi) is 4.39. The Morgan fingerprint density at radius 3 is 2.95 bits per heavy atom. The van der Waals surface area contributed by atoms with Gasteiger partial charge in [0.1, 0.15) is 5.75 Å². The lowest BCUT2D eigenvalue weighted by atomic mass is 10.2. The fourth-order valence-electron chi connectivity index (χ4n) is 1.49. The molecule has 1 aromatic carbocycles. The van der Waals surface area contributed by atoms with E-state index in [1.807, 2.05) is 13.0 Å². The second-order valence-corrected chi connectivity index (χ2v) is 5.29. The number of thiazole rings is 1. The lowest BCUT2D eigenvalue weighted by Crippen LogP contribution is -2.02. The summed E-state index contributed by atoms with van der Waals surface area (Å²) in [5.41, 5.74) is 1.05. The smallest absolute Gasteiger partial charge is 0.355 e. The summed E-state index contributed by atoms with van der Waals surface area (Å²) in [4.78, 5) is 14.7. The number of carboxylic acid groups (broad SMARTS) is 1. The minimum absolute atomic E-state index is 0.0855. The topological polar surface area (TPSA) is 59.4 Å². The van der Waals surface area contributed by atoms with Gasteiger partial charge in [-0.1, -0.05) is 11.6 Å². The van der Waals surface area contributed by atoms with Crippen LogP contribution in [0.5, 0.6) is 5.75 Å². The van der Waals surface area contributed by atoms with Crippen molar-refractivity contribution in [2.24, 2.45) is 0 Å². The van der Waals surface area contributed by atoms with Crippen LogP contribution in [0.3, 0.4) is 0 Å². The third-order valence-corrected chi connectivity index (χ3v) is 3.82. The Hall–Kier alpha value is -1.59. The maximum atomic E-state index is 10.7. The van der Waals surface area contributed by atoms with Crippen molar-refractivity contribution < 1.29 is 14.6 Å². The summed E-state index contributed by atoms with van der Waals surface area (Å²) in [5.74, 6) is -0.256. The van der Waals surface area contributed by atoms with Gasteiger partial charge >= 0.3 is 5.97 Å². The molecule has 0 atom stereocenters. The van der Waals surface area contributed by atoms with Crippen LogP contribution in [0.4, 0.5) is 0 Å². The monoisotopic (exact) mass is 297 g/mol. The average molecular weight is 298 g/mol. The lowest BCUT2D eigenvalue weighted by molar-refractivity contribution is 0.0691. The molecular formula is C13H12ClNO3S. The summed E-state index contributed by atoms with van der Waals surface area (Å²) >= 11 is 7.25. The normalized spacial score (nSPS) is 10.4. The number of aryl methyl sites for hydroxylation is 1. The number of hydrogen-bond donors (Lipinski definition) is 1. The van der Waals surface area contributed by atoms with E-state index >= 15 is 0 Å². The van der Waals surface area contributed by atoms with Crippen molar-refractivity contribution in [3.05, 3.63) is 44.9 Å². The SMILES string of the molecule is Cc1cc(OCCc2nc(C(=O)O)cs2)ccc1Cl. The molecule has 0 saturated carbocycles. The van der Waals surface area contributed by atoms with Gasteiger partial charge in [0, 0.05) is 16.8 Å². The van der Waals surface area contributed by atoms with E-state index in [0.29, 0.717) is 18.1 Å². The zero-order valence-corrected chi connectivity index (χ0v) is 11.8. The molecule has 2 rings (SSSR count). The Bertz CT molecular complexity index is 597. The van der Waals surface area contributed by atoms with Crippen LogP contribution >= 0.6 is 22.9 Å². The highest BCUT2D eigenvalue weighted by atomic mass is 35.5. The zero-order valence-electron chi connectivity index (χ0n) is 10.2. The third-order valence-electron chi connectivity index (χ3n) is 2.48. The first-order valence-electron chi connectivity index (χ1n) is 5.63. The van der Waals surface area contributed by atoms with Crippen molar-refractivity contribution >= 4 is 28.9 Å². The van der Waals surface area contributed by atoms with Crippen molar-refractivity contribution in [1.82, 2.24) is 4.98 Å². The van der Waals surface area contributed by atoms with Gasteiger partial charge in [0.2, 0.25) is 0 Å². The standard InChI is InChI=1S/C13H12ClNO3S/c1-8-6-9(2-3-10(8)14)18-5-4-12-15-11(7-19-12)13(16)17/h2-3,6-7H,4-5H2,1H3,(H,16,17). The summed E-state index contributed by atoms with van der Waals surface area (Å²) in [6.45, 7) is 2.36. The molecule has 100 valence electrons. The average Bonchev–Trinajstić information content (AvgIpc) is 2.83. The fraction of sp³-hybridized carbons (Fsp3) is 0.231. The third kappa shape index (κ3) is 3.68. The number of carbonyl (C=O) groups is 1. The summed E-state index contributed by atoms with van der Waals surface area (Å²) in [5, 5.41) is 11.8. The van der Waals surface area contributed by atoms with E-state index in [1.54, 1.807) is 12.1 Å². The molecule has 1 N–H and O–H groups in total. The van der Waals surface area contributed by atoms with Gasteiger partial charge in [-0.05, 0) is 30.7 Å². The number of rotatable bonds is 5. The van der Waals surface area contributed by atoms with E-state index in [-0.39, 0.29) is 5.69 Å². The van der Waals surface area contributed by atoms with Crippen LogP contribution in [0, 0.1) is 6.92 Å². The first kappa shape index (κ1) is 13.8. The predicted octanol–water partition coefficient (Wildman–Crippen LogP) is 3.42. The number of hydrogen-bond acceptors (Lipinski definition) is 4. The number of aromatic carboxylic acids is 1. The van der Waals surface area contributed by atoms with Crippen LogP contribution in [0.1, 0.15) is 21.1 Å². The van der Waals surface area contributed by atoms with Crippen LogP contribution in [0.25, 0.3) is 0 Å². The molecule has 0 amide bonds. The summed E-state index contributed by atoms with van der Waals surface area (Å²) in [6.07, 6.45) is 0.583. The Balaban J connectivity index is 1.88. The Morgan fingerprint density at radius 1 is 1.53 bits per heavy atom. The molecule has 1 aromatic heterocycles. The number of aromatic nitrogens is 1. The summed E-state index contributed by atoms with van der Waals surface area (Å²) in [7, 11) is 0. The number of nitrogens with zero attached hydrogens (tertiary/aromatic N) is 1. The molecule has 4 nitrogen and oxygen atoms in total. The number of halogens is 1. The van der Waals surface area contributed by atoms with Crippen molar-refractivity contribution in [2.45, 2.75) is 13.3 Å². The molecule has 0 radical (unpaired) electrons. The number of ether oxygens (including phenoxy) is 1. The van der Waals surface area contributed by atoms with E-state index in [2.05, 4.69) is 4.98 Å². The molecule has 0 bridgehead atoms. The van der Waals surface area contributed by atoms with Crippen LogP contribution in [0.15, 0.2) is 23.6 Å². The van der Waals surface area contributed by atoms with Gasteiger partial charge in [0.05, 0.1) is 11.6 Å². The second-order valence-electron chi connectivity index (χ2n) is 3.94. The van der Waals surface area contributed by atoms with Crippen LogP contribution in [-0.2, 0) is 6.42 Å². The highest BCUT2D eigenvalue weighted by molar-refractivity contribution is 7.09. The highest BCUT2D eigenvalue weighted by Gasteiger charge is 2.08. The molecule has 0 aliphatic rings. The first-order chi connectivity index (χ1) is 9.06. The quantitative estimate of drug-likeness (QED) is 0.918. The van der Waals surface area contributed by atoms with E-state index in [4.69, 9.17) is 21.4 Å². The van der Waals surface area contributed by atoms with Gasteiger partial charge in [-0.25, -0.2) is 9.78 Å². The van der Waals surface area contributed by atoms with Crippen molar-refractivity contribution in [3.8, 4) is 5.75 Å². The minimum Gasteiger partial charge on any atom is -0.493 e. The van der Waals surface area contributed by atoms with E-state index < -0.39 is 5.97 Å². The first-order valence-corrected chi connectivity index (χ1v) is 6.88. The molecule has 0 unspecified atom stereocenters. The largest absolute Gasteiger partial charge is 0.493 e. The summed E-state index contributed by atoms with van der Waals surface area (Å²) < 4.78 is 5.58. The van der Waals surface area contributed by atoms with Crippen LogP contribution in [0.2, 0.25) is 5.02 Å². The minimum atomic E-state index is -1.00. The molecule has 0 fully saturated rings. The molecule has 1 heterocycles. The zero-order chi connectivity index (χ0) is 13.8. The molecule has 19 heavy (non-hydrogen) atoms. The van der Waals surface area contributed by atoms with Gasteiger partial charge in [-0.3, -0.25) is 0 Å². The van der Waals surface area contributed by atoms with Crippen LogP contribution in [-0.4, -0.2) is 22.7 Å². The molecule has 0 saturated heterocycles. The molecule has 0 aliphatic heterocycles. The molecule has 6 heteroatoms. The predicted molar refractivity (Wildman–Crippen MR) is 74.5 cm³/mol. The van der Waals surface area contributed by atoms with Gasteiger partial charge in [-0.2, -0.15) is 0 Å². The van der Waals surface area contributed by atoms with Gasteiger partial charge in [-0.15, -0.1) is 11.3 Å². The molecule has 2 aromatic rings. The van der Waals surface area contributed by atoms with Crippen molar-refractivity contribution in [1.29, 1.82) is 0 Å². The van der Waals surface area contributed by atoms with Gasteiger partial charge < -0.3 is 9.84 Å².